The van der Waals surface area contributed by atoms with Gasteiger partial charge in [-0.15, -0.1) is 0 Å². The molecular weight excluding hydrogens is 665 g/mol. The second-order valence-corrected chi connectivity index (χ2v) is 15.5. The SMILES string of the molecule is Cc1cc(C)c(-c2cc3c4c(c2)-n2c5cc6c(cc5c5cccc(c52)B4c2ccccc2N3c2ccccc2)c2ccccc2n6-c2ccccc2)c(C)c1. The highest BCUT2D eigenvalue weighted by Crippen LogP contribution is 2.45. The molecular formula is C51H36BN3. The van der Waals surface area contributed by atoms with Crippen molar-refractivity contribution in [1.82, 2.24) is 9.13 Å². The van der Waals surface area contributed by atoms with Crippen molar-refractivity contribution in [3.05, 3.63) is 180 Å². The van der Waals surface area contributed by atoms with Gasteiger partial charge in [-0.2, -0.15) is 0 Å². The van der Waals surface area contributed by atoms with Gasteiger partial charge in [0.25, 0.3) is 6.71 Å². The number of para-hydroxylation sites is 5. The Kier molecular flexibility index (Phi) is 6.20. The van der Waals surface area contributed by atoms with Crippen LogP contribution in [-0.4, -0.2) is 15.8 Å². The summed E-state index contributed by atoms with van der Waals surface area (Å²) in [5, 5.41) is 5.13. The molecule has 4 heteroatoms. The number of benzene rings is 8. The van der Waals surface area contributed by atoms with Crippen LogP contribution in [0.15, 0.2) is 164 Å². The number of rotatable bonds is 3. The van der Waals surface area contributed by atoms with E-state index in [0.29, 0.717) is 0 Å². The fourth-order valence-electron chi connectivity index (χ4n) is 10.4. The van der Waals surface area contributed by atoms with E-state index in [1.807, 2.05) is 0 Å². The van der Waals surface area contributed by atoms with E-state index in [0.717, 1.165) is 0 Å². The minimum atomic E-state index is 0.0873. The Labute approximate surface area is 320 Å². The average Bonchev–Trinajstić information content (AvgIpc) is 3.71. The van der Waals surface area contributed by atoms with E-state index in [9.17, 15) is 0 Å². The van der Waals surface area contributed by atoms with Gasteiger partial charge in [0.1, 0.15) is 0 Å². The molecule has 3 nitrogen and oxygen atoms in total. The lowest BCUT2D eigenvalue weighted by atomic mass is 9.33. The maximum Gasteiger partial charge on any atom is 0.252 e. The molecule has 0 radical (unpaired) electrons. The highest BCUT2D eigenvalue weighted by molar-refractivity contribution is 7.00. The lowest BCUT2D eigenvalue weighted by Crippen LogP contribution is -2.60. The van der Waals surface area contributed by atoms with Crippen LogP contribution in [0.4, 0.5) is 17.1 Å². The largest absolute Gasteiger partial charge is 0.311 e. The van der Waals surface area contributed by atoms with Crippen molar-refractivity contribution in [2.24, 2.45) is 0 Å². The zero-order valence-corrected chi connectivity index (χ0v) is 31.0. The molecule has 0 fully saturated rings. The van der Waals surface area contributed by atoms with E-state index in [-0.39, 0.29) is 6.71 Å². The highest BCUT2D eigenvalue weighted by Gasteiger charge is 2.42. The lowest BCUT2D eigenvalue weighted by Gasteiger charge is -2.40. The zero-order chi connectivity index (χ0) is 36.5. The maximum atomic E-state index is 2.61. The minimum Gasteiger partial charge on any atom is -0.311 e. The topological polar surface area (TPSA) is 13.1 Å². The first-order valence-electron chi connectivity index (χ1n) is 19.3. The summed E-state index contributed by atoms with van der Waals surface area (Å²) in [6.07, 6.45) is 0. The second kappa shape index (κ2) is 11.1. The van der Waals surface area contributed by atoms with Crippen molar-refractivity contribution in [3.63, 3.8) is 0 Å². The first-order valence-corrected chi connectivity index (χ1v) is 19.3. The molecule has 12 rings (SSSR count). The minimum absolute atomic E-state index is 0.0873. The summed E-state index contributed by atoms with van der Waals surface area (Å²) in [6, 6.07) is 61.2. The molecule has 2 aromatic heterocycles. The summed E-state index contributed by atoms with van der Waals surface area (Å²) >= 11 is 0. The van der Waals surface area contributed by atoms with Crippen LogP contribution in [0.2, 0.25) is 0 Å². The van der Waals surface area contributed by atoms with Crippen molar-refractivity contribution in [3.8, 4) is 22.5 Å². The molecule has 0 saturated carbocycles. The van der Waals surface area contributed by atoms with Crippen LogP contribution in [-0.2, 0) is 0 Å². The summed E-state index contributed by atoms with van der Waals surface area (Å²) in [4.78, 5) is 2.51. The highest BCUT2D eigenvalue weighted by atomic mass is 15.2. The van der Waals surface area contributed by atoms with Crippen LogP contribution >= 0.6 is 0 Å². The summed E-state index contributed by atoms with van der Waals surface area (Å²) in [5.41, 5.74) is 21.6. The van der Waals surface area contributed by atoms with E-state index in [4.69, 9.17) is 0 Å². The number of aromatic nitrogens is 2. The summed E-state index contributed by atoms with van der Waals surface area (Å²) < 4.78 is 5.06. The molecule has 258 valence electrons. The molecule has 4 heterocycles. The molecule has 0 atom stereocenters. The van der Waals surface area contributed by atoms with Crippen LogP contribution < -0.4 is 21.3 Å². The molecule has 0 aliphatic carbocycles. The monoisotopic (exact) mass is 701 g/mol. The molecule has 0 spiro atoms. The molecule has 10 aromatic rings. The average molecular weight is 702 g/mol. The second-order valence-electron chi connectivity index (χ2n) is 15.5. The molecule has 2 aliphatic rings. The van der Waals surface area contributed by atoms with E-state index in [1.54, 1.807) is 0 Å². The quantitative estimate of drug-likeness (QED) is 0.167. The Morgan fingerprint density at radius 3 is 1.84 bits per heavy atom. The molecule has 0 saturated heterocycles. The van der Waals surface area contributed by atoms with Gasteiger partial charge in [0.05, 0.1) is 16.6 Å². The third-order valence-electron chi connectivity index (χ3n) is 12.3. The summed E-state index contributed by atoms with van der Waals surface area (Å²) in [7, 11) is 0. The molecule has 55 heavy (non-hydrogen) atoms. The van der Waals surface area contributed by atoms with Crippen molar-refractivity contribution < 1.29 is 0 Å². The maximum absolute atomic E-state index is 2.61. The van der Waals surface area contributed by atoms with Crippen LogP contribution in [0, 0.1) is 20.8 Å². The predicted octanol–water partition coefficient (Wildman–Crippen LogP) is 11.1. The van der Waals surface area contributed by atoms with Gasteiger partial charge in [-0.25, -0.2) is 0 Å². The van der Waals surface area contributed by atoms with Crippen LogP contribution in [0.1, 0.15) is 16.7 Å². The van der Waals surface area contributed by atoms with Crippen molar-refractivity contribution in [1.29, 1.82) is 0 Å². The third kappa shape index (κ3) is 4.11. The number of anilines is 3. The summed E-state index contributed by atoms with van der Waals surface area (Å²) in [6.45, 7) is 6.83. The normalized spacial score (nSPS) is 12.9. The van der Waals surface area contributed by atoms with Gasteiger partial charge in [-0.1, -0.05) is 109 Å². The standard InChI is InChI=1S/C51H36BN3/c1-31-25-32(2)49(33(3)26-31)34-27-47-50-48(28-34)55-46-30-45-39(37-19-10-12-23-43(37)53(45)35-15-6-4-7-16-35)29-40(46)38-20-14-22-42(51(38)55)52(50)41-21-11-13-24-44(41)54(47)36-17-8-5-9-18-36/h4-30H,1-3H3. The Morgan fingerprint density at radius 1 is 0.418 bits per heavy atom. The number of fused-ring (bicyclic) bond motifs is 10. The van der Waals surface area contributed by atoms with Gasteiger partial charge < -0.3 is 14.0 Å². The zero-order valence-electron chi connectivity index (χ0n) is 31.0. The van der Waals surface area contributed by atoms with Gasteiger partial charge in [-0.05, 0) is 120 Å². The van der Waals surface area contributed by atoms with E-state index in [2.05, 4.69) is 199 Å². The molecule has 2 aliphatic heterocycles. The number of nitrogens with zero attached hydrogens (tertiary/aromatic N) is 3. The number of hydrogen-bond donors (Lipinski definition) is 0. The van der Waals surface area contributed by atoms with Crippen LogP contribution in [0.5, 0.6) is 0 Å². The van der Waals surface area contributed by atoms with Gasteiger partial charge in [-0.3, -0.25) is 0 Å². The summed E-state index contributed by atoms with van der Waals surface area (Å²) in [5.74, 6) is 0. The Hall–Kier alpha value is -6.78. The first-order chi connectivity index (χ1) is 27.0. The number of aryl methyl sites for hydroxylation is 3. The predicted molar refractivity (Wildman–Crippen MR) is 234 cm³/mol. The van der Waals surface area contributed by atoms with Gasteiger partial charge in [0.15, 0.2) is 0 Å². The smallest absolute Gasteiger partial charge is 0.252 e. The van der Waals surface area contributed by atoms with Gasteiger partial charge in [0, 0.05) is 55.5 Å². The molecule has 0 amide bonds. The lowest BCUT2D eigenvalue weighted by molar-refractivity contribution is 1.16. The first kappa shape index (κ1) is 30.7. The van der Waals surface area contributed by atoms with E-state index < -0.39 is 0 Å². The molecule has 0 N–H and O–H groups in total. The molecule has 0 bridgehead atoms. The van der Waals surface area contributed by atoms with Crippen molar-refractivity contribution >= 4 is 83.8 Å². The van der Waals surface area contributed by atoms with Crippen LogP contribution in [0.3, 0.4) is 0 Å². The van der Waals surface area contributed by atoms with E-state index >= 15 is 0 Å². The molecule has 8 aromatic carbocycles. The fourth-order valence-corrected chi connectivity index (χ4v) is 10.4. The Balaban J connectivity index is 1.27. The van der Waals surface area contributed by atoms with Gasteiger partial charge >= 0.3 is 0 Å². The van der Waals surface area contributed by atoms with E-state index in [1.165, 1.54) is 116 Å². The Morgan fingerprint density at radius 2 is 1.04 bits per heavy atom. The van der Waals surface area contributed by atoms with Crippen molar-refractivity contribution in [2.75, 3.05) is 4.90 Å². The van der Waals surface area contributed by atoms with Crippen molar-refractivity contribution in [2.45, 2.75) is 20.8 Å². The van der Waals surface area contributed by atoms with Gasteiger partial charge in [0.2, 0.25) is 0 Å². The molecule has 0 unspecified atom stereocenters. The Bertz CT molecular complexity index is 3220. The fraction of sp³-hybridized carbons (Fsp3) is 0.0588. The third-order valence-corrected chi connectivity index (χ3v) is 12.3. The van der Waals surface area contributed by atoms with Crippen LogP contribution in [0.25, 0.3) is 66.1 Å². The number of hydrogen-bond acceptors (Lipinski definition) is 1.